The second kappa shape index (κ2) is 3.70. The standard InChI is InChI=1S/C11H14N2O/c1-2-13-11(12)10-7-8-5-3-4-6-9(8)14-10/h3-6,10H,2,7H2,1H3,(H2,12,13). The van der Waals surface area contributed by atoms with Gasteiger partial charge >= 0.3 is 0 Å². The van der Waals surface area contributed by atoms with Gasteiger partial charge in [0.2, 0.25) is 0 Å². The van der Waals surface area contributed by atoms with Gasteiger partial charge in [0.1, 0.15) is 11.6 Å². The highest BCUT2D eigenvalue weighted by Gasteiger charge is 2.24. The molecule has 14 heavy (non-hydrogen) atoms. The summed E-state index contributed by atoms with van der Waals surface area (Å²) >= 11 is 0. The lowest BCUT2D eigenvalue weighted by molar-refractivity contribution is 0.299. The van der Waals surface area contributed by atoms with Gasteiger partial charge in [-0.05, 0) is 18.6 Å². The number of rotatable bonds is 2. The minimum Gasteiger partial charge on any atom is -0.482 e. The number of fused-ring (bicyclic) bond motifs is 1. The van der Waals surface area contributed by atoms with Crippen LogP contribution in [0.2, 0.25) is 0 Å². The number of nitrogens with zero attached hydrogens (tertiary/aromatic N) is 1. The molecule has 1 atom stereocenters. The lowest BCUT2D eigenvalue weighted by Crippen LogP contribution is -2.32. The lowest BCUT2D eigenvalue weighted by Gasteiger charge is -2.09. The highest BCUT2D eigenvalue weighted by atomic mass is 16.5. The molecule has 1 unspecified atom stereocenters. The summed E-state index contributed by atoms with van der Waals surface area (Å²) in [6.07, 6.45) is 0.776. The van der Waals surface area contributed by atoms with Gasteiger partial charge in [-0.15, -0.1) is 0 Å². The normalized spacial score (nSPS) is 20.4. The molecule has 0 saturated carbocycles. The molecule has 1 aromatic carbocycles. The van der Waals surface area contributed by atoms with E-state index in [1.54, 1.807) is 0 Å². The minimum atomic E-state index is -0.0626. The van der Waals surface area contributed by atoms with Gasteiger partial charge in [-0.2, -0.15) is 0 Å². The quantitative estimate of drug-likeness (QED) is 0.565. The summed E-state index contributed by atoms with van der Waals surface area (Å²) in [5.41, 5.74) is 7.01. The van der Waals surface area contributed by atoms with Crippen molar-refractivity contribution in [3.63, 3.8) is 0 Å². The monoisotopic (exact) mass is 190 g/mol. The molecule has 3 heteroatoms. The lowest BCUT2D eigenvalue weighted by atomic mass is 10.1. The van der Waals surface area contributed by atoms with Crippen LogP contribution in [-0.2, 0) is 6.42 Å². The van der Waals surface area contributed by atoms with E-state index in [1.165, 1.54) is 5.56 Å². The first-order valence-corrected chi connectivity index (χ1v) is 4.85. The molecule has 0 amide bonds. The van der Waals surface area contributed by atoms with E-state index in [0.717, 1.165) is 12.2 Å². The maximum absolute atomic E-state index is 5.79. The third-order valence-corrected chi connectivity index (χ3v) is 2.32. The molecule has 1 aliphatic heterocycles. The molecule has 2 N–H and O–H groups in total. The third-order valence-electron chi connectivity index (χ3n) is 2.32. The Balaban J connectivity index is 2.15. The molecule has 1 aliphatic rings. The van der Waals surface area contributed by atoms with Gasteiger partial charge in [0, 0.05) is 13.0 Å². The van der Waals surface area contributed by atoms with E-state index in [1.807, 2.05) is 25.1 Å². The molecule has 0 aliphatic carbocycles. The van der Waals surface area contributed by atoms with Gasteiger partial charge in [0.05, 0.1) is 0 Å². The van der Waals surface area contributed by atoms with Crippen LogP contribution in [0.5, 0.6) is 5.75 Å². The number of hydrogen-bond donors (Lipinski definition) is 1. The van der Waals surface area contributed by atoms with Gasteiger partial charge in [0.25, 0.3) is 0 Å². The van der Waals surface area contributed by atoms with Crippen LogP contribution in [0.15, 0.2) is 29.3 Å². The number of nitrogens with two attached hydrogens (primary N) is 1. The predicted octanol–water partition coefficient (Wildman–Crippen LogP) is 1.37. The van der Waals surface area contributed by atoms with Crippen molar-refractivity contribution in [1.29, 1.82) is 0 Å². The Morgan fingerprint density at radius 1 is 1.57 bits per heavy atom. The molecule has 0 bridgehead atoms. The van der Waals surface area contributed by atoms with Crippen molar-refractivity contribution in [3.05, 3.63) is 29.8 Å². The van der Waals surface area contributed by atoms with E-state index in [4.69, 9.17) is 10.5 Å². The zero-order chi connectivity index (χ0) is 9.97. The SMILES string of the molecule is CCN=C(N)C1Cc2ccccc2O1. The zero-order valence-electron chi connectivity index (χ0n) is 8.23. The number of benzene rings is 1. The Morgan fingerprint density at radius 3 is 3.07 bits per heavy atom. The summed E-state index contributed by atoms with van der Waals surface area (Å²) < 4.78 is 5.67. The molecule has 0 saturated heterocycles. The fourth-order valence-corrected chi connectivity index (χ4v) is 1.63. The van der Waals surface area contributed by atoms with Crippen LogP contribution in [0.25, 0.3) is 0 Å². The number of aliphatic imine (C=N–C) groups is 1. The number of hydrogen-bond acceptors (Lipinski definition) is 2. The van der Waals surface area contributed by atoms with Crippen molar-refractivity contribution in [2.24, 2.45) is 10.7 Å². The molecule has 74 valence electrons. The maximum Gasteiger partial charge on any atom is 0.159 e. The second-order valence-corrected chi connectivity index (χ2v) is 3.32. The fraction of sp³-hybridized carbons (Fsp3) is 0.364. The van der Waals surface area contributed by atoms with Crippen molar-refractivity contribution in [2.45, 2.75) is 19.4 Å². The van der Waals surface area contributed by atoms with Crippen LogP contribution in [0.4, 0.5) is 0 Å². The van der Waals surface area contributed by atoms with Crippen LogP contribution in [0.1, 0.15) is 12.5 Å². The first-order chi connectivity index (χ1) is 6.81. The number of ether oxygens (including phenoxy) is 1. The maximum atomic E-state index is 5.79. The molecule has 3 nitrogen and oxygen atoms in total. The van der Waals surface area contributed by atoms with Crippen molar-refractivity contribution in [3.8, 4) is 5.75 Å². The van der Waals surface area contributed by atoms with E-state index in [-0.39, 0.29) is 6.10 Å². The summed E-state index contributed by atoms with van der Waals surface area (Å²) in [6.45, 7) is 2.68. The Bertz CT molecular complexity index is 335. The molecule has 0 radical (unpaired) electrons. The average molecular weight is 190 g/mol. The minimum absolute atomic E-state index is 0.0626. The largest absolute Gasteiger partial charge is 0.482 e. The Kier molecular flexibility index (Phi) is 2.39. The summed E-state index contributed by atoms with van der Waals surface area (Å²) in [5.74, 6) is 1.54. The molecule has 2 rings (SSSR count). The van der Waals surface area contributed by atoms with E-state index in [2.05, 4.69) is 11.1 Å². The molecular weight excluding hydrogens is 176 g/mol. The first kappa shape index (κ1) is 9.06. The zero-order valence-corrected chi connectivity index (χ0v) is 8.23. The van der Waals surface area contributed by atoms with Crippen LogP contribution < -0.4 is 10.5 Å². The van der Waals surface area contributed by atoms with Gasteiger partial charge in [-0.25, -0.2) is 0 Å². The fourth-order valence-electron chi connectivity index (χ4n) is 1.63. The van der Waals surface area contributed by atoms with E-state index in [0.29, 0.717) is 12.4 Å². The van der Waals surface area contributed by atoms with Gasteiger partial charge in [0.15, 0.2) is 6.10 Å². The molecule has 1 aromatic rings. The van der Waals surface area contributed by atoms with Gasteiger partial charge in [-0.1, -0.05) is 18.2 Å². The topological polar surface area (TPSA) is 47.6 Å². The smallest absolute Gasteiger partial charge is 0.159 e. The average Bonchev–Trinajstić information content (AvgIpc) is 2.61. The molecule has 0 spiro atoms. The Morgan fingerprint density at radius 2 is 2.36 bits per heavy atom. The van der Waals surface area contributed by atoms with Gasteiger partial charge < -0.3 is 10.5 Å². The van der Waals surface area contributed by atoms with E-state index in [9.17, 15) is 0 Å². The van der Waals surface area contributed by atoms with Crippen LogP contribution in [-0.4, -0.2) is 18.5 Å². The molecule has 0 fully saturated rings. The summed E-state index contributed by atoms with van der Waals surface area (Å²) in [7, 11) is 0. The highest BCUT2D eigenvalue weighted by Crippen LogP contribution is 2.27. The molecule has 0 aromatic heterocycles. The summed E-state index contributed by atoms with van der Waals surface area (Å²) in [5, 5.41) is 0. The number of para-hydroxylation sites is 1. The first-order valence-electron chi connectivity index (χ1n) is 4.85. The third kappa shape index (κ3) is 1.58. The molecule has 1 heterocycles. The summed E-state index contributed by atoms with van der Waals surface area (Å²) in [4.78, 5) is 4.16. The van der Waals surface area contributed by atoms with Crippen LogP contribution in [0, 0.1) is 0 Å². The predicted molar refractivity (Wildman–Crippen MR) is 56.7 cm³/mol. The van der Waals surface area contributed by atoms with Crippen LogP contribution in [0.3, 0.4) is 0 Å². The Hall–Kier alpha value is -1.51. The van der Waals surface area contributed by atoms with Crippen molar-refractivity contribution >= 4 is 5.84 Å². The Labute approximate surface area is 83.6 Å². The van der Waals surface area contributed by atoms with Crippen LogP contribution >= 0.6 is 0 Å². The van der Waals surface area contributed by atoms with Crippen molar-refractivity contribution < 1.29 is 4.74 Å². The van der Waals surface area contributed by atoms with E-state index >= 15 is 0 Å². The summed E-state index contributed by atoms with van der Waals surface area (Å²) in [6, 6.07) is 8.01. The number of amidine groups is 1. The van der Waals surface area contributed by atoms with E-state index < -0.39 is 0 Å². The highest BCUT2D eigenvalue weighted by molar-refractivity contribution is 5.86. The molecular formula is C11H14N2O. The van der Waals surface area contributed by atoms with Crippen molar-refractivity contribution in [2.75, 3.05) is 6.54 Å². The van der Waals surface area contributed by atoms with Gasteiger partial charge in [-0.3, -0.25) is 4.99 Å². The van der Waals surface area contributed by atoms with Crippen molar-refractivity contribution in [1.82, 2.24) is 0 Å². The second-order valence-electron chi connectivity index (χ2n) is 3.32.